The van der Waals surface area contributed by atoms with Crippen molar-refractivity contribution < 1.29 is 54.1 Å². The summed E-state index contributed by atoms with van der Waals surface area (Å²) in [5.74, 6) is -5.22. The van der Waals surface area contributed by atoms with Gasteiger partial charge in [0.05, 0.1) is 30.8 Å². The standard InChI is InChI=1S/C33H37F2NO9/c34-20-7-5-18(6-8-20)25(37)14-13-23-29(36(30(23)38)22-11-9-21(35)10-12-22)19-3-1-17(2-4-19)15-26-28(33(43)44)27(32(41)42)24(16-45-26)31(39)40/h1-12,23-29,31-33,37,39-44H,13-16H2/t23-,24-,25+,26+,27-,28+,29-/m1/s1. The van der Waals surface area contributed by atoms with Crippen LogP contribution in [0.4, 0.5) is 14.5 Å². The number of amides is 1. The van der Waals surface area contributed by atoms with E-state index >= 15 is 0 Å². The number of benzene rings is 3. The Morgan fingerprint density at radius 1 is 0.756 bits per heavy atom. The highest BCUT2D eigenvalue weighted by Gasteiger charge is 2.50. The number of hydrogen-bond donors (Lipinski definition) is 7. The summed E-state index contributed by atoms with van der Waals surface area (Å²) in [5, 5.41) is 70.1. The maximum absolute atomic E-state index is 13.7. The number of nitrogens with zero attached hydrogens (tertiary/aromatic N) is 1. The molecule has 2 fully saturated rings. The molecule has 2 aliphatic heterocycles. The van der Waals surface area contributed by atoms with E-state index in [9.17, 15) is 49.3 Å². The summed E-state index contributed by atoms with van der Waals surface area (Å²) in [5.41, 5.74) is 2.51. The van der Waals surface area contributed by atoms with Crippen molar-refractivity contribution in [2.75, 3.05) is 11.5 Å². The quantitative estimate of drug-likeness (QED) is 0.124. The van der Waals surface area contributed by atoms with E-state index in [-0.39, 0.29) is 25.4 Å². The molecule has 0 unspecified atom stereocenters. The molecule has 0 spiro atoms. The average Bonchev–Trinajstić information content (AvgIpc) is 3.01. The van der Waals surface area contributed by atoms with Gasteiger partial charge in [-0.25, -0.2) is 8.78 Å². The molecule has 0 radical (unpaired) electrons. The van der Waals surface area contributed by atoms with E-state index in [4.69, 9.17) is 4.74 Å². The van der Waals surface area contributed by atoms with Crippen LogP contribution in [0.2, 0.25) is 0 Å². The maximum atomic E-state index is 13.7. The summed E-state index contributed by atoms with van der Waals surface area (Å²) >= 11 is 0. The first kappa shape index (κ1) is 33.0. The minimum Gasteiger partial charge on any atom is -0.388 e. The van der Waals surface area contributed by atoms with E-state index in [1.807, 2.05) is 0 Å². The van der Waals surface area contributed by atoms with Gasteiger partial charge in [0.15, 0.2) is 18.9 Å². The monoisotopic (exact) mass is 629 g/mol. The van der Waals surface area contributed by atoms with Crippen molar-refractivity contribution in [2.24, 2.45) is 23.7 Å². The molecule has 3 aromatic rings. The summed E-state index contributed by atoms with van der Waals surface area (Å²) in [6, 6.07) is 17.8. The van der Waals surface area contributed by atoms with Crippen LogP contribution in [-0.2, 0) is 16.0 Å². The smallest absolute Gasteiger partial charge is 0.233 e. The molecule has 7 atom stereocenters. The number of β-lactam (4-membered cyclic amide) rings is 1. The number of hydrogen-bond acceptors (Lipinski definition) is 9. The fraction of sp³-hybridized carbons (Fsp3) is 0.424. The fourth-order valence-corrected chi connectivity index (χ4v) is 6.65. The third kappa shape index (κ3) is 7.08. The van der Waals surface area contributed by atoms with E-state index < -0.39 is 72.4 Å². The molecule has 2 saturated heterocycles. The lowest BCUT2D eigenvalue weighted by molar-refractivity contribution is -0.267. The van der Waals surface area contributed by atoms with Gasteiger partial charge in [-0.1, -0.05) is 36.4 Å². The van der Waals surface area contributed by atoms with Gasteiger partial charge in [0.1, 0.15) is 11.6 Å². The molecule has 2 heterocycles. The summed E-state index contributed by atoms with van der Waals surface area (Å²) in [4.78, 5) is 14.9. The zero-order chi connectivity index (χ0) is 32.4. The zero-order valence-corrected chi connectivity index (χ0v) is 24.2. The van der Waals surface area contributed by atoms with Gasteiger partial charge in [-0.05, 0) is 72.4 Å². The Bertz CT molecular complexity index is 1420. The van der Waals surface area contributed by atoms with Crippen LogP contribution in [0.3, 0.4) is 0 Å². The second kappa shape index (κ2) is 14.0. The number of aliphatic hydroxyl groups excluding tert-OH is 4. The number of anilines is 1. The molecule has 45 heavy (non-hydrogen) atoms. The van der Waals surface area contributed by atoms with E-state index in [0.717, 1.165) is 5.56 Å². The van der Waals surface area contributed by atoms with Crippen molar-refractivity contribution in [2.45, 2.75) is 56.4 Å². The van der Waals surface area contributed by atoms with Crippen molar-refractivity contribution in [3.8, 4) is 0 Å². The van der Waals surface area contributed by atoms with Gasteiger partial charge >= 0.3 is 0 Å². The summed E-state index contributed by atoms with van der Waals surface area (Å²) in [6.07, 6.45) is -7.12. The highest BCUT2D eigenvalue weighted by molar-refractivity contribution is 6.03. The number of carbonyl (C=O) groups is 1. The van der Waals surface area contributed by atoms with Gasteiger partial charge < -0.3 is 45.4 Å². The SMILES string of the molecule is O=C1[C@H](CC[C@H](O)c2ccc(F)cc2)[C@@H](c2ccc(C[C@@H]3OC[C@@H](C(O)O)[C@@H](C(O)O)[C@H]3C(O)O)cc2)N1c1ccc(F)cc1. The first-order valence-electron chi connectivity index (χ1n) is 14.8. The molecule has 12 heteroatoms. The molecule has 5 rings (SSSR count). The largest absolute Gasteiger partial charge is 0.388 e. The van der Waals surface area contributed by atoms with Gasteiger partial charge in [0, 0.05) is 23.4 Å². The van der Waals surface area contributed by atoms with E-state index in [1.165, 1.54) is 48.5 Å². The van der Waals surface area contributed by atoms with Crippen LogP contribution in [0.25, 0.3) is 0 Å². The average molecular weight is 630 g/mol. The number of halogens is 2. The zero-order valence-electron chi connectivity index (χ0n) is 24.2. The second-order valence-corrected chi connectivity index (χ2v) is 11.8. The lowest BCUT2D eigenvalue weighted by atomic mass is 9.73. The molecule has 0 aromatic heterocycles. The first-order valence-corrected chi connectivity index (χ1v) is 14.8. The number of ether oxygens (including phenoxy) is 1. The van der Waals surface area contributed by atoms with E-state index in [1.54, 1.807) is 29.2 Å². The minimum absolute atomic E-state index is 0.137. The molecule has 10 nitrogen and oxygen atoms in total. The topological polar surface area (TPSA) is 171 Å². The molecule has 0 aliphatic carbocycles. The van der Waals surface area contributed by atoms with Crippen molar-refractivity contribution in [3.05, 3.63) is 101 Å². The van der Waals surface area contributed by atoms with Crippen molar-refractivity contribution in [3.63, 3.8) is 0 Å². The first-order chi connectivity index (χ1) is 21.5. The van der Waals surface area contributed by atoms with Gasteiger partial charge in [0.2, 0.25) is 5.91 Å². The lowest BCUT2D eigenvalue weighted by Gasteiger charge is -2.48. The molecule has 1 amide bonds. The predicted molar refractivity (Wildman–Crippen MR) is 156 cm³/mol. The Balaban J connectivity index is 1.35. The number of carbonyl (C=O) groups excluding carboxylic acids is 1. The third-order valence-electron chi connectivity index (χ3n) is 9.03. The van der Waals surface area contributed by atoms with Gasteiger partial charge in [-0.15, -0.1) is 0 Å². The molecule has 0 bridgehead atoms. The highest BCUT2D eigenvalue weighted by atomic mass is 19.1. The molecule has 7 N–H and O–H groups in total. The van der Waals surface area contributed by atoms with Crippen LogP contribution >= 0.6 is 0 Å². The Labute approximate surface area is 258 Å². The normalized spacial score (nSPS) is 26.0. The molecular weight excluding hydrogens is 592 g/mol. The van der Waals surface area contributed by atoms with Gasteiger partial charge in [0.25, 0.3) is 0 Å². The van der Waals surface area contributed by atoms with Crippen LogP contribution in [0.5, 0.6) is 0 Å². The summed E-state index contributed by atoms with van der Waals surface area (Å²) < 4.78 is 32.7. The second-order valence-electron chi connectivity index (χ2n) is 11.8. The van der Waals surface area contributed by atoms with Gasteiger partial charge in [-0.2, -0.15) is 0 Å². The van der Waals surface area contributed by atoms with Crippen LogP contribution < -0.4 is 4.90 Å². The van der Waals surface area contributed by atoms with Crippen LogP contribution in [0.15, 0.2) is 72.8 Å². The fourth-order valence-electron chi connectivity index (χ4n) is 6.65. The van der Waals surface area contributed by atoms with E-state index in [2.05, 4.69) is 0 Å². The van der Waals surface area contributed by atoms with Crippen molar-refractivity contribution >= 4 is 11.6 Å². The van der Waals surface area contributed by atoms with E-state index in [0.29, 0.717) is 23.2 Å². The molecule has 242 valence electrons. The van der Waals surface area contributed by atoms with Crippen LogP contribution in [0.1, 0.15) is 41.7 Å². The maximum Gasteiger partial charge on any atom is 0.233 e. The Morgan fingerprint density at radius 2 is 1.33 bits per heavy atom. The summed E-state index contributed by atoms with van der Waals surface area (Å²) in [7, 11) is 0. The van der Waals surface area contributed by atoms with Gasteiger partial charge in [-0.3, -0.25) is 4.79 Å². The number of rotatable bonds is 11. The Morgan fingerprint density at radius 3 is 1.89 bits per heavy atom. The van der Waals surface area contributed by atoms with Crippen LogP contribution in [-0.4, -0.2) is 73.2 Å². The Hall–Kier alpha value is -3.33. The molecule has 0 saturated carbocycles. The minimum atomic E-state index is -2.05. The lowest BCUT2D eigenvalue weighted by Crippen LogP contribution is -2.55. The van der Waals surface area contributed by atoms with Crippen molar-refractivity contribution in [1.82, 2.24) is 0 Å². The highest BCUT2D eigenvalue weighted by Crippen LogP contribution is 2.46. The molecule has 3 aromatic carbocycles. The van der Waals surface area contributed by atoms with Crippen molar-refractivity contribution in [1.29, 1.82) is 0 Å². The Kier molecular flexibility index (Phi) is 10.3. The number of aliphatic hydroxyl groups is 7. The van der Waals surface area contributed by atoms with Crippen LogP contribution in [0, 0.1) is 35.3 Å². The predicted octanol–water partition coefficient (Wildman–Crippen LogP) is 1.90. The molecule has 2 aliphatic rings. The molecular formula is C33H37F2NO9. The third-order valence-corrected chi connectivity index (χ3v) is 9.03. The summed E-state index contributed by atoms with van der Waals surface area (Å²) in [6.45, 7) is -0.242.